The molecule has 0 unspecified atom stereocenters. The quantitative estimate of drug-likeness (QED) is 0.180. The van der Waals surface area contributed by atoms with E-state index in [2.05, 4.69) is 185 Å². The van der Waals surface area contributed by atoms with Gasteiger partial charge in [-0.1, -0.05) is 109 Å². The van der Waals surface area contributed by atoms with Gasteiger partial charge in [-0.25, -0.2) is 0 Å². The van der Waals surface area contributed by atoms with E-state index in [0.29, 0.717) is 0 Å². The lowest BCUT2D eigenvalue weighted by Gasteiger charge is -2.10. The van der Waals surface area contributed by atoms with Crippen LogP contribution in [0.5, 0.6) is 0 Å². The zero-order chi connectivity index (χ0) is 37.9. The Balaban J connectivity index is 0.929. The maximum Gasteiger partial charge on any atom is 0.137 e. The molecule has 0 aliphatic carbocycles. The standard InChI is InChI=1S/C54H32N2O2/c1-2-10-33(11-3-1)34-18-22-37(23-19-34)55-47-15-7-4-12-39(47)43-28-35(20-26-49(43)55)36-21-27-50-44(29-36)40-13-5-8-16-48(40)56(50)38-24-25-42-46-32-53-45(31-54(46)58-52(42)30-38)41-14-6-9-17-51(41)57-53/h1-32H. The Hall–Kier alpha value is -7.82. The molecule has 4 heteroatoms. The van der Waals surface area contributed by atoms with Gasteiger partial charge < -0.3 is 18.0 Å². The van der Waals surface area contributed by atoms with E-state index >= 15 is 0 Å². The van der Waals surface area contributed by atoms with Gasteiger partial charge in [-0.15, -0.1) is 0 Å². The van der Waals surface area contributed by atoms with E-state index in [1.54, 1.807) is 0 Å². The highest BCUT2D eigenvalue weighted by Gasteiger charge is 2.18. The van der Waals surface area contributed by atoms with Gasteiger partial charge in [-0.3, -0.25) is 0 Å². The molecule has 0 radical (unpaired) electrons. The Kier molecular flexibility index (Phi) is 6.41. The number of fused-ring (bicyclic) bond motifs is 12. The van der Waals surface area contributed by atoms with Crippen LogP contribution in [0.4, 0.5) is 0 Å². The van der Waals surface area contributed by atoms with E-state index < -0.39 is 0 Å². The van der Waals surface area contributed by atoms with Crippen LogP contribution in [0.1, 0.15) is 0 Å². The second-order valence-electron chi connectivity index (χ2n) is 15.3. The summed E-state index contributed by atoms with van der Waals surface area (Å²) in [6.07, 6.45) is 0. The molecule has 4 heterocycles. The fourth-order valence-electron chi connectivity index (χ4n) is 9.42. The highest BCUT2D eigenvalue weighted by atomic mass is 16.3. The maximum atomic E-state index is 6.58. The lowest BCUT2D eigenvalue weighted by atomic mass is 10.0. The summed E-state index contributed by atoms with van der Waals surface area (Å²) >= 11 is 0. The van der Waals surface area contributed by atoms with Crippen LogP contribution in [0.2, 0.25) is 0 Å². The average molecular weight is 741 g/mol. The molecular weight excluding hydrogens is 709 g/mol. The fraction of sp³-hybridized carbons (Fsp3) is 0. The number of furan rings is 2. The molecule has 0 saturated heterocycles. The van der Waals surface area contributed by atoms with Gasteiger partial charge in [0.1, 0.15) is 22.3 Å². The molecule has 0 bridgehead atoms. The van der Waals surface area contributed by atoms with Gasteiger partial charge in [0.15, 0.2) is 0 Å². The topological polar surface area (TPSA) is 36.1 Å². The van der Waals surface area contributed by atoms with Crippen molar-refractivity contribution in [3.8, 4) is 33.6 Å². The summed E-state index contributed by atoms with van der Waals surface area (Å²) in [4.78, 5) is 0. The van der Waals surface area contributed by atoms with Gasteiger partial charge in [-0.05, 0) is 101 Å². The molecule has 0 N–H and O–H groups in total. The van der Waals surface area contributed by atoms with E-state index in [4.69, 9.17) is 8.83 Å². The molecule has 13 aromatic rings. The van der Waals surface area contributed by atoms with Gasteiger partial charge in [0.05, 0.1) is 22.1 Å². The minimum atomic E-state index is 0.853. The molecule has 58 heavy (non-hydrogen) atoms. The maximum absolute atomic E-state index is 6.58. The molecule has 0 spiro atoms. The van der Waals surface area contributed by atoms with Gasteiger partial charge in [0.2, 0.25) is 0 Å². The van der Waals surface area contributed by atoms with E-state index in [1.807, 2.05) is 18.2 Å². The van der Waals surface area contributed by atoms with Gasteiger partial charge in [-0.2, -0.15) is 0 Å². The van der Waals surface area contributed by atoms with Crippen LogP contribution in [0.25, 0.3) is 121 Å². The van der Waals surface area contributed by atoms with Crippen molar-refractivity contribution in [2.24, 2.45) is 0 Å². The number of nitrogens with zero attached hydrogens (tertiary/aromatic N) is 2. The zero-order valence-corrected chi connectivity index (χ0v) is 31.2. The normalized spacial score (nSPS) is 12.1. The van der Waals surface area contributed by atoms with Crippen molar-refractivity contribution in [1.82, 2.24) is 9.13 Å². The predicted octanol–water partition coefficient (Wildman–Crippen LogP) is 15.0. The summed E-state index contributed by atoms with van der Waals surface area (Å²) in [5, 5.41) is 9.21. The summed E-state index contributed by atoms with van der Waals surface area (Å²) in [5.41, 5.74) is 15.2. The smallest absolute Gasteiger partial charge is 0.137 e. The summed E-state index contributed by atoms with van der Waals surface area (Å²) in [5.74, 6) is 0. The third-order valence-electron chi connectivity index (χ3n) is 12.1. The van der Waals surface area contributed by atoms with Crippen LogP contribution in [-0.2, 0) is 0 Å². The predicted molar refractivity (Wildman–Crippen MR) is 241 cm³/mol. The van der Waals surface area contributed by atoms with Gasteiger partial charge in [0.25, 0.3) is 0 Å². The van der Waals surface area contributed by atoms with E-state index in [1.165, 1.54) is 54.8 Å². The van der Waals surface area contributed by atoms with Crippen molar-refractivity contribution in [1.29, 1.82) is 0 Å². The van der Waals surface area contributed by atoms with Crippen molar-refractivity contribution in [2.75, 3.05) is 0 Å². The van der Waals surface area contributed by atoms with E-state index in [-0.39, 0.29) is 0 Å². The summed E-state index contributed by atoms with van der Waals surface area (Å²) in [6.45, 7) is 0. The molecular formula is C54H32N2O2. The first kappa shape index (κ1) is 31.4. The summed E-state index contributed by atoms with van der Waals surface area (Å²) in [6, 6.07) is 69.7. The van der Waals surface area contributed by atoms with Crippen molar-refractivity contribution < 1.29 is 8.83 Å². The van der Waals surface area contributed by atoms with Gasteiger partial charge >= 0.3 is 0 Å². The molecule has 0 amide bonds. The van der Waals surface area contributed by atoms with Crippen LogP contribution < -0.4 is 0 Å². The number of rotatable bonds is 4. The molecule has 4 aromatic heterocycles. The number of hydrogen-bond donors (Lipinski definition) is 0. The number of para-hydroxylation sites is 3. The SMILES string of the molecule is c1ccc(-c2ccc(-n3c4ccccc4c4cc(-c5ccc6c(c5)c5ccccc5n6-c5ccc6c(c5)oc5cc7c(cc56)oc5ccccc57)ccc43)cc2)cc1. The lowest BCUT2D eigenvalue weighted by Crippen LogP contribution is -1.94. The van der Waals surface area contributed by atoms with Crippen molar-refractivity contribution in [3.05, 3.63) is 194 Å². The molecule has 0 aliphatic heterocycles. The van der Waals surface area contributed by atoms with Crippen LogP contribution in [-0.4, -0.2) is 9.13 Å². The largest absolute Gasteiger partial charge is 0.456 e. The van der Waals surface area contributed by atoms with Gasteiger partial charge in [0, 0.05) is 60.5 Å². The molecule has 0 saturated carbocycles. The third-order valence-corrected chi connectivity index (χ3v) is 12.1. The Bertz CT molecular complexity index is 3780. The third kappa shape index (κ3) is 4.51. The van der Waals surface area contributed by atoms with Crippen molar-refractivity contribution >= 4 is 87.5 Å². The average Bonchev–Trinajstić information content (AvgIpc) is 4.02. The Morgan fingerprint density at radius 1 is 0.241 bits per heavy atom. The van der Waals surface area contributed by atoms with Crippen molar-refractivity contribution in [3.63, 3.8) is 0 Å². The van der Waals surface area contributed by atoms with Crippen LogP contribution in [0, 0.1) is 0 Å². The minimum absolute atomic E-state index is 0.853. The Morgan fingerprint density at radius 2 is 0.690 bits per heavy atom. The molecule has 13 rings (SSSR count). The molecule has 0 aliphatic rings. The first-order valence-electron chi connectivity index (χ1n) is 19.7. The number of benzene rings is 9. The molecule has 4 nitrogen and oxygen atoms in total. The summed E-state index contributed by atoms with van der Waals surface area (Å²) < 4.78 is 17.6. The molecule has 0 atom stereocenters. The fourth-order valence-corrected chi connectivity index (χ4v) is 9.42. The molecule has 0 fully saturated rings. The van der Waals surface area contributed by atoms with Crippen LogP contribution in [0.3, 0.4) is 0 Å². The summed E-state index contributed by atoms with van der Waals surface area (Å²) in [7, 11) is 0. The Morgan fingerprint density at radius 3 is 1.34 bits per heavy atom. The Labute approximate surface area is 332 Å². The zero-order valence-electron chi connectivity index (χ0n) is 31.2. The van der Waals surface area contributed by atoms with E-state index in [9.17, 15) is 0 Å². The van der Waals surface area contributed by atoms with Crippen molar-refractivity contribution in [2.45, 2.75) is 0 Å². The van der Waals surface area contributed by atoms with E-state index in [0.717, 1.165) is 66.3 Å². The first-order chi connectivity index (χ1) is 28.7. The lowest BCUT2D eigenvalue weighted by molar-refractivity contribution is 0.664. The van der Waals surface area contributed by atoms with Crippen LogP contribution in [0.15, 0.2) is 203 Å². The minimum Gasteiger partial charge on any atom is -0.456 e. The highest BCUT2D eigenvalue weighted by Crippen LogP contribution is 2.41. The molecule has 270 valence electrons. The van der Waals surface area contributed by atoms with Crippen LogP contribution >= 0.6 is 0 Å². The second-order valence-corrected chi connectivity index (χ2v) is 15.3. The molecule has 9 aromatic carbocycles. The monoisotopic (exact) mass is 740 g/mol. The highest BCUT2D eigenvalue weighted by molar-refractivity contribution is 6.16. The number of aromatic nitrogens is 2. The number of hydrogen-bond acceptors (Lipinski definition) is 2. The first-order valence-corrected chi connectivity index (χ1v) is 19.7. The second kappa shape index (κ2) is 11.8.